The van der Waals surface area contributed by atoms with Gasteiger partial charge in [-0.1, -0.05) is 12.1 Å². The van der Waals surface area contributed by atoms with Gasteiger partial charge in [0.1, 0.15) is 0 Å². The van der Waals surface area contributed by atoms with Crippen molar-refractivity contribution in [3.63, 3.8) is 0 Å². The molecule has 1 aromatic carbocycles. The first-order valence-corrected chi connectivity index (χ1v) is 4.02. The van der Waals surface area contributed by atoms with Gasteiger partial charge in [-0.05, 0) is 18.2 Å². The van der Waals surface area contributed by atoms with Gasteiger partial charge < -0.3 is 0 Å². The molecular weight excluding hydrogens is 150 g/mol. The van der Waals surface area contributed by atoms with E-state index in [4.69, 9.17) is 0 Å². The highest BCUT2D eigenvalue weighted by Gasteiger charge is 2.26. The molecular formula is C10H10NO+. The molecule has 2 nitrogen and oxygen atoms in total. The number of hydrogen-bond donors (Lipinski definition) is 0. The van der Waals surface area contributed by atoms with Crippen molar-refractivity contribution in [2.75, 3.05) is 0 Å². The minimum Gasteiger partial charge on any atom is -0.0612 e. The van der Waals surface area contributed by atoms with E-state index in [9.17, 15) is 4.91 Å². The van der Waals surface area contributed by atoms with Crippen molar-refractivity contribution in [1.29, 1.82) is 0 Å². The first-order valence-electron chi connectivity index (χ1n) is 4.02. The lowest BCUT2D eigenvalue weighted by Crippen LogP contribution is -2.16. The Morgan fingerprint density at radius 3 is 2.92 bits per heavy atom. The summed E-state index contributed by atoms with van der Waals surface area (Å²) in [6.07, 6.45) is 3.91. The van der Waals surface area contributed by atoms with Gasteiger partial charge >= 0.3 is 0 Å². The predicted molar refractivity (Wildman–Crippen MR) is 48.2 cm³/mol. The lowest BCUT2D eigenvalue weighted by Gasteiger charge is -2.05. The Bertz CT molecular complexity index is 355. The molecule has 0 radical (unpaired) electrons. The maximum absolute atomic E-state index is 11.5. The molecule has 0 amide bonds. The fraction of sp³-hybridized carbons (Fsp3) is 0.200. The molecule has 0 saturated carbocycles. The van der Waals surface area contributed by atoms with E-state index in [1.54, 1.807) is 0 Å². The van der Waals surface area contributed by atoms with Crippen molar-refractivity contribution in [2.45, 2.75) is 13.0 Å². The second-order valence-electron chi connectivity index (χ2n) is 2.98. The van der Waals surface area contributed by atoms with Crippen LogP contribution in [-0.2, 0) is 0 Å². The third-order valence-electron chi connectivity index (χ3n) is 2.10. The molecule has 0 N–H and O–H groups in total. The van der Waals surface area contributed by atoms with E-state index in [0.29, 0.717) is 0 Å². The molecule has 0 fully saturated rings. The standard InChI is InChI=1S/C10H10NO/c1-8-6-7-9-4-2-3-5-10(9)11(8)12/h2-8H,1H3/q+1. The molecule has 12 heavy (non-hydrogen) atoms. The molecule has 0 aromatic heterocycles. The molecule has 2 heteroatoms. The predicted octanol–water partition coefficient (Wildman–Crippen LogP) is 2.51. The number of para-hydroxylation sites is 1. The maximum atomic E-state index is 11.5. The second kappa shape index (κ2) is 2.55. The largest absolute Gasteiger partial charge is 0.263 e. The van der Waals surface area contributed by atoms with E-state index in [2.05, 4.69) is 0 Å². The molecule has 1 aliphatic rings. The van der Waals surface area contributed by atoms with Gasteiger partial charge in [0.2, 0.25) is 6.04 Å². The molecule has 1 atom stereocenters. The fourth-order valence-electron chi connectivity index (χ4n) is 1.37. The van der Waals surface area contributed by atoms with Crippen molar-refractivity contribution in [3.05, 3.63) is 40.8 Å². The summed E-state index contributed by atoms with van der Waals surface area (Å²) in [5, 5.41) is 0. The van der Waals surface area contributed by atoms with Crippen molar-refractivity contribution in [3.8, 4) is 0 Å². The zero-order valence-electron chi connectivity index (χ0n) is 6.90. The Hall–Kier alpha value is -1.44. The average molecular weight is 160 g/mol. The summed E-state index contributed by atoms with van der Waals surface area (Å²) in [6, 6.07) is 7.58. The number of benzene rings is 1. The van der Waals surface area contributed by atoms with Crippen molar-refractivity contribution in [2.24, 2.45) is 0 Å². The van der Waals surface area contributed by atoms with Crippen LogP contribution >= 0.6 is 0 Å². The highest BCUT2D eigenvalue weighted by molar-refractivity contribution is 5.62. The van der Waals surface area contributed by atoms with Crippen LogP contribution in [0.3, 0.4) is 0 Å². The van der Waals surface area contributed by atoms with Crippen LogP contribution in [-0.4, -0.2) is 10.8 Å². The summed E-state index contributed by atoms with van der Waals surface area (Å²) in [5.74, 6) is 0. The normalized spacial score (nSPS) is 20.8. The molecule has 1 aliphatic heterocycles. The van der Waals surface area contributed by atoms with Gasteiger partial charge in [-0.25, -0.2) is 0 Å². The van der Waals surface area contributed by atoms with E-state index in [1.807, 2.05) is 43.3 Å². The zero-order valence-corrected chi connectivity index (χ0v) is 6.90. The summed E-state index contributed by atoms with van der Waals surface area (Å²) in [5.41, 5.74) is 1.78. The minimum absolute atomic E-state index is 0.0418. The van der Waals surface area contributed by atoms with Gasteiger partial charge in [0.25, 0.3) is 5.69 Å². The summed E-state index contributed by atoms with van der Waals surface area (Å²) < 4.78 is 1.04. The maximum Gasteiger partial charge on any atom is 0.263 e. The molecule has 1 heterocycles. The number of fused-ring (bicyclic) bond motifs is 1. The summed E-state index contributed by atoms with van der Waals surface area (Å²) in [7, 11) is 0. The Morgan fingerprint density at radius 1 is 1.33 bits per heavy atom. The Morgan fingerprint density at radius 2 is 2.08 bits per heavy atom. The third kappa shape index (κ3) is 0.961. The molecule has 1 aromatic rings. The first-order chi connectivity index (χ1) is 5.79. The lowest BCUT2D eigenvalue weighted by molar-refractivity contribution is -0.489. The van der Waals surface area contributed by atoms with E-state index in [0.717, 1.165) is 16.0 Å². The van der Waals surface area contributed by atoms with Crippen LogP contribution < -0.4 is 0 Å². The van der Waals surface area contributed by atoms with Crippen LogP contribution in [0.25, 0.3) is 6.08 Å². The molecule has 0 bridgehead atoms. The van der Waals surface area contributed by atoms with Gasteiger partial charge in [-0.2, -0.15) is 0 Å². The second-order valence-corrected chi connectivity index (χ2v) is 2.98. The number of nitrogens with zero attached hydrogens (tertiary/aromatic N) is 1. The highest BCUT2D eigenvalue weighted by atomic mass is 16.3. The van der Waals surface area contributed by atoms with E-state index < -0.39 is 0 Å². The van der Waals surface area contributed by atoms with Crippen molar-refractivity contribution >= 4 is 11.8 Å². The summed E-state index contributed by atoms with van der Waals surface area (Å²) >= 11 is 0. The van der Waals surface area contributed by atoms with Crippen LogP contribution in [0.5, 0.6) is 0 Å². The topological polar surface area (TPSA) is 20.1 Å². The summed E-state index contributed by atoms with van der Waals surface area (Å²) in [4.78, 5) is 11.5. The number of rotatable bonds is 0. The SMILES string of the molecule is CC1C=Cc2ccccc2[N+]1=O. The van der Waals surface area contributed by atoms with E-state index in [-0.39, 0.29) is 6.04 Å². The highest BCUT2D eigenvalue weighted by Crippen LogP contribution is 2.25. The molecule has 2 rings (SSSR count). The van der Waals surface area contributed by atoms with E-state index >= 15 is 0 Å². The Kier molecular flexibility index (Phi) is 1.54. The first kappa shape index (κ1) is 7.22. The van der Waals surface area contributed by atoms with Crippen LogP contribution in [0.2, 0.25) is 0 Å². The Balaban J connectivity index is 2.59. The molecule has 60 valence electrons. The van der Waals surface area contributed by atoms with Gasteiger partial charge in [0, 0.05) is 22.7 Å². The van der Waals surface area contributed by atoms with Crippen LogP contribution in [0.1, 0.15) is 12.5 Å². The third-order valence-corrected chi connectivity index (χ3v) is 2.10. The summed E-state index contributed by atoms with van der Waals surface area (Å²) in [6.45, 7) is 1.89. The smallest absolute Gasteiger partial charge is 0.0612 e. The zero-order chi connectivity index (χ0) is 8.55. The molecule has 0 saturated heterocycles. The number of nitroso groups, excluding NO2 is 1. The Labute approximate surface area is 71.1 Å². The molecule has 0 aliphatic carbocycles. The van der Waals surface area contributed by atoms with Gasteiger partial charge in [-0.3, -0.25) is 0 Å². The fourth-order valence-corrected chi connectivity index (χ4v) is 1.37. The van der Waals surface area contributed by atoms with Gasteiger partial charge in [0.05, 0.1) is 5.56 Å². The van der Waals surface area contributed by atoms with Gasteiger partial charge in [0.15, 0.2) is 0 Å². The molecule has 1 unspecified atom stereocenters. The van der Waals surface area contributed by atoms with E-state index in [1.165, 1.54) is 0 Å². The van der Waals surface area contributed by atoms with Crippen LogP contribution in [0.15, 0.2) is 30.3 Å². The average Bonchev–Trinajstić information content (AvgIpc) is 2.12. The van der Waals surface area contributed by atoms with Crippen LogP contribution in [0, 0.1) is 4.91 Å². The monoisotopic (exact) mass is 160 g/mol. The number of hydrogen-bond acceptors (Lipinski definition) is 1. The van der Waals surface area contributed by atoms with Crippen molar-refractivity contribution < 1.29 is 4.76 Å². The minimum atomic E-state index is -0.0418. The van der Waals surface area contributed by atoms with Gasteiger partial charge in [-0.15, -0.1) is 0 Å². The quantitative estimate of drug-likeness (QED) is 0.534. The lowest BCUT2D eigenvalue weighted by atomic mass is 10.1. The molecule has 0 spiro atoms. The van der Waals surface area contributed by atoms with Crippen molar-refractivity contribution in [1.82, 2.24) is 0 Å². The van der Waals surface area contributed by atoms with Crippen LogP contribution in [0.4, 0.5) is 5.69 Å².